The molecule has 23 heavy (non-hydrogen) atoms. The number of hydrogen-bond donors (Lipinski definition) is 2. The number of amides is 2. The van der Waals surface area contributed by atoms with Crippen molar-refractivity contribution in [3.8, 4) is 0 Å². The molecule has 1 saturated heterocycles. The van der Waals surface area contributed by atoms with Crippen LogP contribution < -0.4 is 15.1 Å². The summed E-state index contributed by atoms with van der Waals surface area (Å²) in [6.45, 7) is 8.40. The van der Waals surface area contributed by atoms with Gasteiger partial charge in [-0.3, -0.25) is 14.5 Å². The predicted octanol–water partition coefficient (Wildman–Crippen LogP) is 1.07. The lowest BCUT2D eigenvalue weighted by atomic mass is 9.95. The van der Waals surface area contributed by atoms with Gasteiger partial charge in [0.2, 0.25) is 5.91 Å². The van der Waals surface area contributed by atoms with Crippen molar-refractivity contribution in [1.82, 2.24) is 0 Å². The molecule has 5 heteroatoms. The van der Waals surface area contributed by atoms with Crippen LogP contribution in [0, 0.1) is 5.92 Å². The average Bonchev–Trinajstić information content (AvgIpc) is 2.48. The van der Waals surface area contributed by atoms with Crippen molar-refractivity contribution in [3.63, 3.8) is 0 Å². The Bertz CT molecular complexity index is 626. The Morgan fingerprint density at radius 3 is 2.87 bits per heavy atom. The number of fused-ring (bicyclic) bond motifs is 1. The maximum atomic E-state index is 13.0. The van der Waals surface area contributed by atoms with Crippen molar-refractivity contribution in [2.45, 2.75) is 39.2 Å². The summed E-state index contributed by atoms with van der Waals surface area (Å²) in [5, 5.41) is 2.91. The first-order valence-corrected chi connectivity index (χ1v) is 8.46. The number of piperidine rings is 1. The fraction of sp³-hybridized carbons (Fsp3) is 0.556. The molecule has 5 nitrogen and oxygen atoms in total. The number of hydrogen-bond acceptors (Lipinski definition) is 2. The molecule has 124 valence electrons. The van der Waals surface area contributed by atoms with Gasteiger partial charge in [0.25, 0.3) is 5.91 Å². The number of likely N-dealkylation sites (tertiary alicyclic amines) is 1. The molecular weight excluding hydrogens is 290 g/mol. The molecule has 1 fully saturated rings. The highest BCUT2D eigenvalue weighted by Gasteiger charge is 2.44. The van der Waals surface area contributed by atoms with Crippen LogP contribution in [0.3, 0.4) is 0 Å². The van der Waals surface area contributed by atoms with E-state index in [-0.39, 0.29) is 11.8 Å². The smallest absolute Gasteiger partial charge is 0.283 e. The van der Waals surface area contributed by atoms with Gasteiger partial charge in [-0.15, -0.1) is 0 Å². The Morgan fingerprint density at radius 1 is 1.39 bits per heavy atom. The van der Waals surface area contributed by atoms with Crippen LogP contribution in [-0.2, 0) is 9.59 Å². The fourth-order valence-electron chi connectivity index (χ4n) is 3.75. The third-order valence-corrected chi connectivity index (χ3v) is 5.02. The predicted molar refractivity (Wildman–Crippen MR) is 90.6 cm³/mol. The molecular formula is C18H26N3O2+. The van der Waals surface area contributed by atoms with E-state index in [0.717, 1.165) is 18.8 Å². The Hall–Kier alpha value is -1.88. The second-order valence-corrected chi connectivity index (χ2v) is 7.39. The highest BCUT2D eigenvalue weighted by atomic mass is 16.2. The van der Waals surface area contributed by atoms with Crippen LogP contribution in [0.2, 0.25) is 0 Å². The van der Waals surface area contributed by atoms with E-state index in [1.165, 1.54) is 17.7 Å². The minimum absolute atomic E-state index is 0.0291. The first kappa shape index (κ1) is 16.0. The van der Waals surface area contributed by atoms with Crippen LogP contribution in [0.1, 0.15) is 33.6 Å². The molecule has 2 aliphatic rings. The maximum absolute atomic E-state index is 13.0. The number of carbonyl (C=O) groups is 2. The van der Waals surface area contributed by atoms with Crippen LogP contribution in [0.5, 0.6) is 0 Å². The number of carbonyl (C=O) groups excluding carboxylic acids is 2. The van der Waals surface area contributed by atoms with E-state index in [2.05, 4.69) is 12.2 Å². The molecule has 1 aromatic rings. The molecule has 0 aromatic heterocycles. The summed E-state index contributed by atoms with van der Waals surface area (Å²) in [7, 11) is 0. The van der Waals surface area contributed by atoms with Gasteiger partial charge in [0.15, 0.2) is 6.54 Å². The van der Waals surface area contributed by atoms with Crippen LogP contribution in [0.4, 0.5) is 11.4 Å². The Kier molecular flexibility index (Phi) is 4.15. The van der Waals surface area contributed by atoms with Crippen molar-refractivity contribution in [2.24, 2.45) is 5.92 Å². The van der Waals surface area contributed by atoms with Gasteiger partial charge in [0, 0.05) is 5.92 Å². The van der Waals surface area contributed by atoms with E-state index in [1.807, 2.05) is 38.1 Å². The molecule has 2 heterocycles. The number of benzene rings is 1. The summed E-state index contributed by atoms with van der Waals surface area (Å²) < 4.78 is 0. The highest BCUT2D eigenvalue weighted by Crippen LogP contribution is 2.36. The molecule has 2 amide bonds. The quantitative estimate of drug-likeness (QED) is 0.857. The molecule has 0 bridgehead atoms. The molecule has 0 saturated carbocycles. The van der Waals surface area contributed by atoms with Crippen molar-refractivity contribution in [3.05, 3.63) is 24.3 Å². The largest absolute Gasteiger partial charge is 0.327 e. The van der Waals surface area contributed by atoms with Gasteiger partial charge in [-0.2, -0.15) is 0 Å². The lowest BCUT2D eigenvalue weighted by Crippen LogP contribution is -3.14. The second-order valence-electron chi connectivity index (χ2n) is 7.39. The van der Waals surface area contributed by atoms with E-state index in [1.54, 1.807) is 4.90 Å². The van der Waals surface area contributed by atoms with Gasteiger partial charge < -0.3 is 10.2 Å². The molecule has 0 aliphatic carbocycles. The zero-order chi connectivity index (χ0) is 16.6. The van der Waals surface area contributed by atoms with Gasteiger partial charge in [-0.25, -0.2) is 0 Å². The van der Waals surface area contributed by atoms with Crippen molar-refractivity contribution in [1.29, 1.82) is 0 Å². The molecule has 0 spiro atoms. The molecule has 2 aliphatic heterocycles. The van der Waals surface area contributed by atoms with Gasteiger partial charge in [0.05, 0.1) is 24.5 Å². The SMILES string of the molecule is C[C@H]1CCC[NH+](CC(=O)N2c3ccccc3NC(=O)C2(C)C)C1. The lowest BCUT2D eigenvalue weighted by molar-refractivity contribution is -0.900. The third kappa shape index (κ3) is 2.98. The first-order chi connectivity index (χ1) is 10.9. The number of anilines is 2. The first-order valence-electron chi connectivity index (χ1n) is 8.46. The maximum Gasteiger partial charge on any atom is 0.283 e. The van der Waals surface area contributed by atoms with Crippen LogP contribution in [0.25, 0.3) is 0 Å². The van der Waals surface area contributed by atoms with Crippen LogP contribution >= 0.6 is 0 Å². The number of nitrogens with zero attached hydrogens (tertiary/aromatic N) is 1. The lowest BCUT2D eigenvalue weighted by Gasteiger charge is -2.42. The standard InChI is InChI=1S/C18H25N3O2/c1-13-7-6-10-20(11-13)12-16(22)21-15-9-5-4-8-14(15)19-17(23)18(21,2)3/h4-5,8-9,13H,6-7,10-12H2,1-3H3,(H,19,23)/p+1/t13-/m0/s1. The van der Waals surface area contributed by atoms with Gasteiger partial charge in [-0.1, -0.05) is 19.1 Å². The summed E-state index contributed by atoms with van der Waals surface area (Å²) in [4.78, 5) is 28.5. The molecule has 2 N–H and O–H groups in total. The fourth-order valence-corrected chi connectivity index (χ4v) is 3.75. The Labute approximate surface area is 137 Å². The summed E-state index contributed by atoms with van der Waals surface area (Å²) in [5.74, 6) is 0.560. The molecule has 0 radical (unpaired) electrons. The Morgan fingerprint density at radius 2 is 2.13 bits per heavy atom. The van der Waals surface area contributed by atoms with E-state index < -0.39 is 5.54 Å². The summed E-state index contributed by atoms with van der Waals surface area (Å²) in [5.41, 5.74) is 0.644. The summed E-state index contributed by atoms with van der Waals surface area (Å²) >= 11 is 0. The van der Waals surface area contributed by atoms with Crippen molar-refractivity contribution >= 4 is 23.2 Å². The summed E-state index contributed by atoms with van der Waals surface area (Å²) in [6, 6.07) is 7.53. The van der Waals surface area contributed by atoms with Crippen molar-refractivity contribution < 1.29 is 14.5 Å². The monoisotopic (exact) mass is 316 g/mol. The van der Waals surface area contributed by atoms with E-state index in [9.17, 15) is 9.59 Å². The molecule has 1 aromatic carbocycles. The van der Waals surface area contributed by atoms with E-state index in [4.69, 9.17) is 0 Å². The number of quaternary nitrogens is 1. The minimum atomic E-state index is -0.869. The van der Waals surface area contributed by atoms with Gasteiger partial charge in [-0.05, 0) is 38.8 Å². The van der Waals surface area contributed by atoms with E-state index in [0.29, 0.717) is 18.2 Å². The summed E-state index contributed by atoms with van der Waals surface area (Å²) in [6.07, 6.45) is 2.42. The molecule has 3 rings (SSSR count). The Balaban J connectivity index is 1.86. The zero-order valence-electron chi connectivity index (χ0n) is 14.2. The average molecular weight is 316 g/mol. The topological polar surface area (TPSA) is 53.9 Å². The van der Waals surface area contributed by atoms with Crippen molar-refractivity contribution in [2.75, 3.05) is 29.9 Å². The van der Waals surface area contributed by atoms with Crippen LogP contribution in [0.15, 0.2) is 24.3 Å². The molecule has 1 unspecified atom stereocenters. The van der Waals surface area contributed by atoms with Gasteiger partial charge in [0.1, 0.15) is 5.54 Å². The highest BCUT2D eigenvalue weighted by molar-refractivity contribution is 6.14. The normalized spacial score (nSPS) is 26.4. The third-order valence-electron chi connectivity index (χ3n) is 5.02. The minimum Gasteiger partial charge on any atom is -0.327 e. The second kappa shape index (κ2) is 5.96. The van der Waals surface area contributed by atoms with Gasteiger partial charge >= 0.3 is 0 Å². The van der Waals surface area contributed by atoms with E-state index >= 15 is 0 Å². The zero-order valence-corrected chi connectivity index (χ0v) is 14.2. The van der Waals surface area contributed by atoms with Crippen LogP contribution in [-0.4, -0.2) is 37.0 Å². The number of rotatable bonds is 2. The molecule has 2 atom stereocenters. The number of para-hydroxylation sites is 2. The number of nitrogens with one attached hydrogen (secondary N) is 2.